The maximum absolute atomic E-state index is 13.9. The van der Waals surface area contributed by atoms with E-state index in [9.17, 15) is 8.78 Å². The van der Waals surface area contributed by atoms with Crippen molar-refractivity contribution in [2.24, 2.45) is 0 Å². The highest BCUT2D eigenvalue weighted by molar-refractivity contribution is 9.10. The van der Waals surface area contributed by atoms with Gasteiger partial charge in [-0.3, -0.25) is 0 Å². The van der Waals surface area contributed by atoms with E-state index in [1.165, 1.54) is 12.1 Å². The number of anilines is 1. The number of hydrogen-bond donors (Lipinski definition) is 2. The Labute approximate surface area is 129 Å². The molecule has 102 valence electrons. The van der Waals surface area contributed by atoms with Gasteiger partial charge < -0.3 is 10.7 Å². The third-order valence-electron chi connectivity index (χ3n) is 2.82. The second-order valence-electron chi connectivity index (χ2n) is 4.22. The van der Waals surface area contributed by atoms with E-state index in [1.54, 1.807) is 12.1 Å². The number of nitrogens with one attached hydrogen (secondary N) is 1. The summed E-state index contributed by atoms with van der Waals surface area (Å²) >= 11 is 6.34. The Morgan fingerprint density at radius 3 is 2.25 bits per heavy atom. The predicted molar refractivity (Wildman–Crippen MR) is 81.3 cm³/mol. The Balaban J connectivity index is 2.28. The molecule has 0 bridgehead atoms. The molecule has 0 fully saturated rings. The molecule has 0 aliphatic rings. The minimum Gasteiger partial charge on any atom is -0.397 e. The fourth-order valence-electron chi connectivity index (χ4n) is 1.99. The first-order valence-electron chi connectivity index (χ1n) is 5.55. The molecule has 0 aliphatic carbocycles. The Kier molecular flexibility index (Phi) is 3.25. The summed E-state index contributed by atoms with van der Waals surface area (Å²) in [6.45, 7) is 0. The molecule has 1 heterocycles. The van der Waals surface area contributed by atoms with E-state index in [4.69, 9.17) is 5.73 Å². The number of imidazole rings is 1. The van der Waals surface area contributed by atoms with Crippen molar-refractivity contribution in [1.29, 1.82) is 0 Å². The normalized spacial score (nSPS) is 11.2. The van der Waals surface area contributed by atoms with E-state index in [2.05, 4.69) is 41.8 Å². The number of aromatic amines is 1. The average Bonchev–Trinajstić information content (AvgIpc) is 2.71. The van der Waals surface area contributed by atoms with E-state index < -0.39 is 11.6 Å². The molecule has 0 saturated carbocycles. The van der Waals surface area contributed by atoms with Crippen molar-refractivity contribution < 1.29 is 8.78 Å². The lowest BCUT2D eigenvalue weighted by Gasteiger charge is -2.02. The van der Waals surface area contributed by atoms with Crippen molar-refractivity contribution in [2.45, 2.75) is 0 Å². The maximum atomic E-state index is 13.9. The van der Waals surface area contributed by atoms with Gasteiger partial charge in [0.05, 0.1) is 16.8 Å². The number of halogens is 4. The van der Waals surface area contributed by atoms with Gasteiger partial charge in [0.2, 0.25) is 0 Å². The smallest absolute Gasteiger partial charge is 0.144 e. The minimum atomic E-state index is -0.700. The lowest BCUT2D eigenvalue weighted by molar-refractivity contribution is 0.586. The molecule has 1 aromatic heterocycles. The molecular formula is C13H7Br2F2N3. The topological polar surface area (TPSA) is 54.7 Å². The molecule has 0 saturated heterocycles. The SMILES string of the molecule is Nc1cc(Br)cc2[nH]c(-c3c(F)cc(Br)cc3F)nc12. The Bertz CT molecular complexity index is 807. The molecule has 3 nitrogen and oxygen atoms in total. The molecular weight excluding hydrogens is 396 g/mol. The van der Waals surface area contributed by atoms with E-state index in [0.717, 1.165) is 4.47 Å². The number of H-pyrrole nitrogens is 1. The van der Waals surface area contributed by atoms with E-state index >= 15 is 0 Å². The summed E-state index contributed by atoms with van der Waals surface area (Å²) in [6, 6.07) is 5.80. The van der Waals surface area contributed by atoms with Crippen LogP contribution in [0.15, 0.2) is 33.2 Å². The summed E-state index contributed by atoms with van der Waals surface area (Å²) in [5.74, 6) is -1.30. The molecule has 0 atom stereocenters. The molecule has 0 amide bonds. The van der Waals surface area contributed by atoms with Crippen molar-refractivity contribution in [1.82, 2.24) is 9.97 Å². The van der Waals surface area contributed by atoms with Gasteiger partial charge in [-0.25, -0.2) is 13.8 Å². The number of hydrogen-bond acceptors (Lipinski definition) is 2. The van der Waals surface area contributed by atoms with Crippen molar-refractivity contribution in [3.8, 4) is 11.4 Å². The van der Waals surface area contributed by atoms with Gasteiger partial charge in [0.1, 0.15) is 23.0 Å². The van der Waals surface area contributed by atoms with Crippen molar-refractivity contribution in [3.05, 3.63) is 44.8 Å². The highest BCUT2D eigenvalue weighted by Gasteiger charge is 2.17. The number of rotatable bonds is 1. The van der Waals surface area contributed by atoms with E-state index in [1.807, 2.05) is 0 Å². The van der Waals surface area contributed by atoms with Gasteiger partial charge in [-0.1, -0.05) is 31.9 Å². The average molecular weight is 403 g/mol. The van der Waals surface area contributed by atoms with Crippen LogP contribution in [0.2, 0.25) is 0 Å². The van der Waals surface area contributed by atoms with Gasteiger partial charge in [0, 0.05) is 8.95 Å². The lowest BCUT2D eigenvalue weighted by atomic mass is 10.2. The fourth-order valence-corrected chi connectivity index (χ4v) is 2.87. The van der Waals surface area contributed by atoms with Crippen LogP contribution in [0.3, 0.4) is 0 Å². The van der Waals surface area contributed by atoms with Gasteiger partial charge in [0.15, 0.2) is 0 Å². The Hall–Kier alpha value is -1.47. The number of aromatic nitrogens is 2. The first-order valence-corrected chi connectivity index (χ1v) is 7.14. The molecule has 20 heavy (non-hydrogen) atoms. The van der Waals surface area contributed by atoms with E-state index in [0.29, 0.717) is 21.2 Å². The molecule has 0 aliphatic heterocycles. The first kappa shape index (κ1) is 13.5. The first-order chi connectivity index (χ1) is 9.45. The van der Waals surface area contributed by atoms with Crippen molar-refractivity contribution >= 4 is 48.6 Å². The van der Waals surface area contributed by atoms with Crippen LogP contribution in [0, 0.1) is 11.6 Å². The second-order valence-corrected chi connectivity index (χ2v) is 6.05. The third-order valence-corrected chi connectivity index (χ3v) is 3.74. The summed E-state index contributed by atoms with van der Waals surface area (Å²) in [6.07, 6.45) is 0. The van der Waals surface area contributed by atoms with E-state index in [-0.39, 0.29) is 11.4 Å². The van der Waals surface area contributed by atoms with Gasteiger partial charge in [-0.05, 0) is 24.3 Å². The molecule has 0 radical (unpaired) electrons. The molecule has 2 aromatic carbocycles. The van der Waals surface area contributed by atoms with Crippen LogP contribution < -0.4 is 5.73 Å². The lowest BCUT2D eigenvalue weighted by Crippen LogP contribution is -1.92. The van der Waals surface area contributed by atoms with Crippen LogP contribution in [-0.2, 0) is 0 Å². The van der Waals surface area contributed by atoms with Gasteiger partial charge in [0.25, 0.3) is 0 Å². The zero-order valence-corrected chi connectivity index (χ0v) is 13.0. The van der Waals surface area contributed by atoms with Crippen LogP contribution in [0.5, 0.6) is 0 Å². The zero-order valence-electron chi connectivity index (χ0n) is 9.85. The molecule has 3 N–H and O–H groups in total. The summed E-state index contributed by atoms with van der Waals surface area (Å²) in [5.41, 5.74) is 7.14. The maximum Gasteiger partial charge on any atom is 0.144 e. The van der Waals surface area contributed by atoms with Crippen molar-refractivity contribution in [3.63, 3.8) is 0 Å². The van der Waals surface area contributed by atoms with Crippen LogP contribution >= 0.6 is 31.9 Å². The van der Waals surface area contributed by atoms with Crippen LogP contribution in [0.4, 0.5) is 14.5 Å². The standard InChI is InChI=1S/C13H7Br2F2N3/c14-5-1-7(16)11(8(17)2-5)13-19-10-4-6(15)3-9(18)12(10)20-13/h1-4H,18H2,(H,19,20). The Morgan fingerprint density at radius 2 is 1.60 bits per heavy atom. The fraction of sp³-hybridized carbons (Fsp3) is 0. The molecule has 0 spiro atoms. The largest absolute Gasteiger partial charge is 0.397 e. The van der Waals surface area contributed by atoms with Crippen LogP contribution in [0.1, 0.15) is 0 Å². The molecule has 3 aromatic rings. The van der Waals surface area contributed by atoms with Gasteiger partial charge in [-0.15, -0.1) is 0 Å². The highest BCUT2D eigenvalue weighted by Crippen LogP contribution is 2.31. The quantitative estimate of drug-likeness (QED) is 0.583. The third kappa shape index (κ3) is 2.20. The monoisotopic (exact) mass is 401 g/mol. The molecule has 3 rings (SSSR count). The van der Waals surface area contributed by atoms with Crippen LogP contribution in [0.25, 0.3) is 22.4 Å². The second kappa shape index (κ2) is 4.82. The summed E-state index contributed by atoms with van der Waals surface area (Å²) in [7, 11) is 0. The van der Waals surface area contributed by atoms with Gasteiger partial charge >= 0.3 is 0 Å². The zero-order chi connectivity index (χ0) is 14.4. The molecule has 7 heteroatoms. The van der Waals surface area contributed by atoms with Crippen LogP contribution in [-0.4, -0.2) is 9.97 Å². The minimum absolute atomic E-state index is 0.104. The number of benzene rings is 2. The predicted octanol–water partition coefficient (Wildman–Crippen LogP) is 4.62. The highest BCUT2D eigenvalue weighted by atomic mass is 79.9. The Morgan fingerprint density at radius 1 is 1.00 bits per heavy atom. The number of fused-ring (bicyclic) bond motifs is 1. The number of nitrogens with zero attached hydrogens (tertiary/aromatic N) is 1. The van der Waals surface area contributed by atoms with Crippen molar-refractivity contribution in [2.75, 3.05) is 5.73 Å². The summed E-state index contributed by atoms with van der Waals surface area (Å²) < 4.78 is 29.0. The molecule has 0 unspecified atom stereocenters. The number of nitrogens with two attached hydrogens (primary N) is 1. The number of nitrogen functional groups attached to an aromatic ring is 1. The summed E-state index contributed by atoms with van der Waals surface area (Å²) in [4.78, 5) is 7.06. The van der Waals surface area contributed by atoms with Gasteiger partial charge in [-0.2, -0.15) is 0 Å². The summed E-state index contributed by atoms with van der Waals surface area (Å²) in [5, 5.41) is 0.